The lowest BCUT2D eigenvalue weighted by Crippen LogP contribution is -2.70. The molecule has 0 aliphatic carbocycles. The van der Waals surface area contributed by atoms with E-state index in [1.54, 1.807) is 91.0 Å². The number of halogens is 7. The lowest BCUT2D eigenvalue weighted by Gasteiger charge is -2.49. The summed E-state index contributed by atoms with van der Waals surface area (Å²) in [6, 6.07) is 29.5. The van der Waals surface area contributed by atoms with Crippen LogP contribution in [0, 0.1) is 0 Å². The van der Waals surface area contributed by atoms with Gasteiger partial charge >= 0.3 is 41.9 Å². The molecule has 5 rings (SSSR count). The molecule has 1 amide bonds. The molecule has 0 aromatic heterocycles. The maximum absolute atomic E-state index is 14.9. The van der Waals surface area contributed by atoms with Crippen LogP contribution in [0.3, 0.4) is 0 Å². The number of benzene rings is 4. The lowest BCUT2D eigenvalue weighted by molar-refractivity contribution is -0.305. The van der Waals surface area contributed by atoms with Crippen LogP contribution in [-0.4, -0.2) is 91.9 Å². The fraction of sp³-hybridized carbons (Fsp3) is 0.349. The number of amides is 1. The predicted molar refractivity (Wildman–Crippen MR) is 210 cm³/mol. The van der Waals surface area contributed by atoms with Crippen LogP contribution < -0.4 is 5.32 Å². The molecule has 1 aliphatic heterocycles. The normalized spacial score (nSPS) is 20.4. The molecule has 19 heteroatoms. The maximum Gasteiger partial charge on any atom is 0.471 e. The third-order valence-corrected chi connectivity index (χ3v) is 9.38. The van der Waals surface area contributed by atoms with Gasteiger partial charge in [-0.1, -0.05) is 109 Å². The number of hydrogen-bond acceptors (Lipinski definition) is 11. The highest BCUT2D eigenvalue weighted by atomic mass is 35.5. The van der Waals surface area contributed by atoms with Crippen molar-refractivity contribution >= 4 is 41.0 Å². The largest absolute Gasteiger partial charge is 0.471 e. The fourth-order valence-corrected chi connectivity index (χ4v) is 6.39. The molecule has 0 unspecified atom stereocenters. The Hall–Kier alpha value is -5.53. The van der Waals surface area contributed by atoms with Gasteiger partial charge in [-0.15, -0.1) is 11.6 Å². The zero-order valence-electron chi connectivity index (χ0n) is 32.9. The lowest BCUT2D eigenvalue weighted by atomic mass is 9.87. The number of nitrogens with zero attached hydrogens (tertiary/aromatic N) is 1. The molecule has 0 spiro atoms. The van der Waals surface area contributed by atoms with Crippen molar-refractivity contribution < 1.29 is 73.9 Å². The zero-order chi connectivity index (χ0) is 44.8. The molecule has 332 valence electrons. The summed E-state index contributed by atoms with van der Waals surface area (Å²) < 4.78 is 128. The average Bonchev–Trinajstić information content (AvgIpc) is 3.26. The van der Waals surface area contributed by atoms with Crippen LogP contribution in [0.5, 0.6) is 0 Å². The van der Waals surface area contributed by atoms with E-state index in [1.165, 1.54) is 30.3 Å². The monoisotopic (exact) mass is 894 g/mol. The van der Waals surface area contributed by atoms with Crippen LogP contribution >= 0.6 is 11.6 Å². The van der Waals surface area contributed by atoms with Crippen molar-refractivity contribution in [2.24, 2.45) is 4.99 Å². The van der Waals surface area contributed by atoms with E-state index in [0.29, 0.717) is 16.7 Å². The van der Waals surface area contributed by atoms with Crippen molar-refractivity contribution in [2.75, 3.05) is 19.6 Å². The van der Waals surface area contributed by atoms with E-state index in [-0.39, 0.29) is 12.3 Å². The summed E-state index contributed by atoms with van der Waals surface area (Å²) >= 11 is 5.84. The quantitative estimate of drug-likeness (QED) is 0.0351. The molecule has 0 saturated carbocycles. The highest BCUT2D eigenvalue weighted by Crippen LogP contribution is 2.40. The number of esters is 2. The second kappa shape index (κ2) is 22.0. The molecule has 12 nitrogen and oxygen atoms in total. The summed E-state index contributed by atoms with van der Waals surface area (Å²) in [6.07, 6.45) is -19.8. The predicted octanol–water partition coefficient (Wildman–Crippen LogP) is 7.54. The zero-order valence-corrected chi connectivity index (χ0v) is 33.6. The molecule has 0 radical (unpaired) electrons. The Morgan fingerprint density at radius 1 is 0.790 bits per heavy atom. The Morgan fingerprint density at radius 2 is 1.32 bits per heavy atom. The molecule has 1 fully saturated rings. The minimum absolute atomic E-state index is 0.107. The van der Waals surface area contributed by atoms with Crippen LogP contribution in [0.2, 0.25) is 0 Å². The van der Waals surface area contributed by atoms with Gasteiger partial charge in [0.05, 0.1) is 57.8 Å². The van der Waals surface area contributed by atoms with Crippen molar-refractivity contribution in [3.05, 3.63) is 138 Å². The van der Waals surface area contributed by atoms with Crippen molar-refractivity contribution in [3.63, 3.8) is 0 Å². The summed E-state index contributed by atoms with van der Waals surface area (Å²) in [5.74, 6) is -11.2. The molecule has 0 bridgehead atoms. The standard InChI is InChI=1S/C43H41ClF6N2O10/c1-56-40(55)41(62-39(43(48,49)50)51-31-20-12-5-13-21-31)22-32(58-25-29-16-8-3-9-17-29)35(52-38(54)42(45,46)47)37(61-41)36(59-26-30-18-10-4-11-19-30)33(60-34(53)23-44)27-57-24-28-14-6-2-7-15-28/h2-21,32-33,35-37H,22-27H2,1H3,(H,52,54)/t32-,33+,35+,36+,37+,41-/m0/s1. The van der Waals surface area contributed by atoms with Crippen LogP contribution in [0.4, 0.5) is 32.0 Å². The number of alkyl halides is 7. The number of aliphatic imine (C=N–C) groups is 1. The van der Waals surface area contributed by atoms with E-state index in [0.717, 1.165) is 7.11 Å². The van der Waals surface area contributed by atoms with E-state index in [2.05, 4.69) is 4.99 Å². The van der Waals surface area contributed by atoms with Gasteiger partial charge in [-0.2, -0.15) is 26.3 Å². The smallest absolute Gasteiger partial charge is 0.464 e. The molecule has 1 saturated heterocycles. The van der Waals surface area contributed by atoms with Gasteiger partial charge in [0, 0.05) is 0 Å². The summed E-state index contributed by atoms with van der Waals surface area (Å²) in [5.41, 5.74) is 1.26. The number of nitrogens with one attached hydrogen (secondary N) is 1. The minimum atomic E-state index is -5.53. The van der Waals surface area contributed by atoms with Crippen molar-refractivity contribution in [2.45, 2.75) is 74.8 Å². The molecule has 62 heavy (non-hydrogen) atoms. The van der Waals surface area contributed by atoms with Gasteiger partial charge in [0.2, 0.25) is 0 Å². The van der Waals surface area contributed by atoms with E-state index < -0.39 is 104 Å². The molecule has 1 N–H and O–H groups in total. The summed E-state index contributed by atoms with van der Waals surface area (Å²) in [5, 5.41) is 1.83. The van der Waals surface area contributed by atoms with E-state index in [9.17, 15) is 40.7 Å². The first-order valence-electron chi connectivity index (χ1n) is 18.8. The van der Waals surface area contributed by atoms with Gasteiger partial charge < -0.3 is 38.5 Å². The first kappa shape index (κ1) is 47.5. The molecular weight excluding hydrogens is 854 g/mol. The van der Waals surface area contributed by atoms with Gasteiger partial charge in [-0.3, -0.25) is 9.59 Å². The number of methoxy groups -OCH3 is 1. The molecule has 1 heterocycles. The van der Waals surface area contributed by atoms with Crippen LogP contribution in [0.15, 0.2) is 126 Å². The van der Waals surface area contributed by atoms with Crippen LogP contribution in [0.25, 0.3) is 0 Å². The maximum atomic E-state index is 14.9. The van der Waals surface area contributed by atoms with E-state index in [4.69, 9.17) is 44.8 Å². The van der Waals surface area contributed by atoms with Crippen LogP contribution in [-0.2, 0) is 67.4 Å². The van der Waals surface area contributed by atoms with Gasteiger partial charge in [-0.25, -0.2) is 9.79 Å². The number of carbonyl (C=O) groups is 3. The average molecular weight is 895 g/mol. The SMILES string of the molecule is COC(=O)[C@@]1(OC(=Nc2ccccc2)C(F)(F)F)C[C@H](OCc2ccccc2)[C@@H](NC(=O)C(F)(F)F)[C@H]([C@H](OCc2ccccc2)[C@@H](COCc2ccccc2)OC(=O)CCl)O1. The highest BCUT2D eigenvalue weighted by molar-refractivity contribution is 6.26. The summed E-state index contributed by atoms with van der Waals surface area (Å²) in [6.45, 7) is -1.52. The number of rotatable bonds is 18. The second-order valence-electron chi connectivity index (χ2n) is 13.6. The first-order valence-corrected chi connectivity index (χ1v) is 19.4. The molecule has 4 aromatic rings. The molecule has 4 aromatic carbocycles. The van der Waals surface area contributed by atoms with Gasteiger partial charge in [0.25, 0.3) is 0 Å². The third-order valence-electron chi connectivity index (χ3n) is 9.16. The summed E-state index contributed by atoms with van der Waals surface area (Å²) in [4.78, 5) is 43.4. The van der Waals surface area contributed by atoms with Crippen molar-refractivity contribution in [1.29, 1.82) is 0 Å². The highest BCUT2D eigenvalue weighted by Gasteiger charge is 2.62. The number of carbonyl (C=O) groups excluding carboxylic acids is 3. The van der Waals surface area contributed by atoms with Gasteiger partial charge in [0.1, 0.15) is 18.1 Å². The van der Waals surface area contributed by atoms with E-state index in [1.807, 2.05) is 5.32 Å². The summed E-state index contributed by atoms with van der Waals surface area (Å²) in [7, 11) is 0.802. The second-order valence-corrected chi connectivity index (χ2v) is 13.9. The van der Waals surface area contributed by atoms with Crippen LogP contribution in [0.1, 0.15) is 23.1 Å². The van der Waals surface area contributed by atoms with Crippen molar-refractivity contribution in [3.8, 4) is 0 Å². The number of para-hydroxylation sites is 1. The van der Waals surface area contributed by atoms with Gasteiger partial charge in [0.15, 0.2) is 6.10 Å². The molecular formula is C43H41ClF6N2O10. The Labute approximate surface area is 357 Å². The topological polar surface area (TPSA) is 140 Å². The Kier molecular flexibility index (Phi) is 16.9. The fourth-order valence-electron chi connectivity index (χ4n) is 6.32. The first-order chi connectivity index (χ1) is 29.6. The number of ether oxygens (including phenoxy) is 7. The van der Waals surface area contributed by atoms with Gasteiger partial charge in [-0.05, 0) is 28.8 Å². The Bertz CT molecular complexity index is 2070. The Balaban J connectivity index is 1.71. The third kappa shape index (κ3) is 13.5. The Morgan fingerprint density at radius 3 is 1.84 bits per heavy atom. The molecule has 1 aliphatic rings. The van der Waals surface area contributed by atoms with E-state index >= 15 is 0 Å². The minimum Gasteiger partial charge on any atom is -0.464 e. The van der Waals surface area contributed by atoms with Crippen molar-refractivity contribution in [1.82, 2.24) is 5.32 Å². The number of hydrogen-bond donors (Lipinski definition) is 1. The molecule has 6 atom stereocenters.